The van der Waals surface area contributed by atoms with Gasteiger partial charge in [0.1, 0.15) is 0 Å². The SMILES string of the molecule is [C-]#[N+]c1cc(-c2cc(-n3c4ccccc4c4cc(C)ccc43)c(-n3c4ccccc4c4cc(C)ccc43)c(C(F)(F)F)c2)cc(C(F)(F)F)c1. The molecule has 0 amide bonds. The maximum atomic E-state index is 15.7. The van der Waals surface area contributed by atoms with Gasteiger partial charge in [-0.15, -0.1) is 0 Å². The fraction of sp³-hybridized carbons (Fsp3) is 0.0976. The summed E-state index contributed by atoms with van der Waals surface area (Å²) in [6.07, 6.45) is -9.76. The van der Waals surface area contributed by atoms with Gasteiger partial charge in [-0.3, -0.25) is 0 Å². The minimum atomic E-state index is -4.94. The molecular weight excluding hydrogens is 648 g/mol. The summed E-state index contributed by atoms with van der Waals surface area (Å²) < 4.78 is 92.5. The molecule has 0 aliphatic heterocycles. The fourth-order valence-electron chi connectivity index (χ4n) is 7.09. The first kappa shape index (κ1) is 31.3. The van der Waals surface area contributed by atoms with Gasteiger partial charge in [-0.1, -0.05) is 59.7 Å². The molecule has 3 nitrogen and oxygen atoms in total. The highest BCUT2D eigenvalue weighted by Gasteiger charge is 2.38. The van der Waals surface area contributed by atoms with Crippen LogP contribution < -0.4 is 0 Å². The van der Waals surface area contributed by atoms with Crippen LogP contribution in [-0.4, -0.2) is 9.13 Å². The molecule has 0 fully saturated rings. The lowest BCUT2D eigenvalue weighted by Gasteiger charge is -2.23. The summed E-state index contributed by atoms with van der Waals surface area (Å²) in [4.78, 5) is 3.22. The number of rotatable bonds is 3. The molecule has 8 aromatic rings. The molecule has 0 saturated heterocycles. The van der Waals surface area contributed by atoms with E-state index in [1.807, 2.05) is 74.5 Å². The summed E-state index contributed by atoms with van der Waals surface area (Å²) in [5, 5.41) is 3.15. The third-order valence-electron chi connectivity index (χ3n) is 9.22. The van der Waals surface area contributed by atoms with Gasteiger partial charge in [-0.2, -0.15) is 26.3 Å². The second-order valence-corrected chi connectivity index (χ2v) is 12.5. The second-order valence-electron chi connectivity index (χ2n) is 12.5. The largest absolute Gasteiger partial charge is 0.418 e. The van der Waals surface area contributed by atoms with Crippen LogP contribution in [0.15, 0.2) is 115 Å². The van der Waals surface area contributed by atoms with Gasteiger partial charge in [0.25, 0.3) is 0 Å². The van der Waals surface area contributed by atoms with Gasteiger partial charge in [0.05, 0.1) is 45.6 Å². The average Bonchev–Trinajstić information content (AvgIpc) is 3.58. The minimum Gasteiger partial charge on any atom is -0.307 e. The van der Waals surface area contributed by atoms with E-state index in [0.29, 0.717) is 28.1 Å². The molecule has 0 bridgehead atoms. The zero-order chi connectivity index (χ0) is 35.1. The van der Waals surface area contributed by atoms with Crippen molar-refractivity contribution in [3.8, 4) is 22.5 Å². The molecule has 246 valence electrons. The first-order valence-electron chi connectivity index (χ1n) is 15.7. The molecule has 0 aliphatic rings. The van der Waals surface area contributed by atoms with Crippen LogP contribution in [0, 0.1) is 20.4 Å². The molecule has 0 radical (unpaired) electrons. The number of nitrogens with zero attached hydrogens (tertiary/aromatic N) is 3. The Kier molecular flexibility index (Phi) is 6.88. The molecule has 0 unspecified atom stereocenters. The number of halogens is 6. The Morgan fingerprint density at radius 2 is 1.04 bits per heavy atom. The number of hydrogen-bond donors (Lipinski definition) is 0. The molecule has 6 aromatic carbocycles. The molecular formula is C41H25F6N3. The molecule has 0 saturated carbocycles. The Balaban J connectivity index is 1.61. The van der Waals surface area contributed by atoms with Crippen molar-refractivity contribution >= 4 is 49.3 Å². The van der Waals surface area contributed by atoms with Crippen molar-refractivity contribution in [1.29, 1.82) is 0 Å². The third kappa shape index (κ3) is 4.90. The normalized spacial score (nSPS) is 12.4. The number of alkyl halides is 6. The van der Waals surface area contributed by atoms with E-state index in [9.17, 15) is 13.2 Å². The van der Waals surface area contributed by atoms with Crippen LogP contribution in [0.4, 0.5) is 32.0 Å². The van der Waals surface area contributed by atoms with Crippen molar-refractivity contribution in [2.45, 2.75) is 26.2 Å². The van der Waals surface area contributed by atoms with Crippen LogP contribution in [0.5, 0.6) is 0 Å². The van der Waals surface area contributed by atoms with E-state index in [4.69, 9.17) is 6.57 Å². The molecule has 50 heavy (non-hydrogen) atoms. The van der Waals surface area contributed by atoms with Crippen LogP contribution in [0.1, 0.15) is 22.3 Å². The Morgan fingerprint density at radius 3 is 1.60 bits per heavy atom. The first-order chi connectivity index (χ1) is 23.8. The molecule has 0 atom stereocenters. The van der Waals surface area contributed by atoms with Gasteiger partial charge < -0.3 is 9.13 Å². The topological polar surface area (TPSA) is 14.2 Å². The lowest BCUT2D eigenvalue weighted by molar-refractivity contribution is -0.138. The molecule has 0 N–H and O–H groups in total. The zero-order valence-corrected chi connectivity index (χ0v) is 26.6. The third-order valence-corrected chi connectivity index (χ3v) is 9.22. The van der Waals surface area contributed by atoms with E-state index in [1.54, 1.807) is 33.4 Å². The zero-order valence-electron chi connectivity index (χ0n) is 26.6. The van der Waals surface area contributed by atoms with Crippen molar-refractivity contribution < 1.29 is 26.3 Å². The second kappa shape index (κ2) is 11.0. The van der Waals surface area contributed by atoms with E-state index < -0.39 is 23.5 Å². The predicted octanol–water partition coefficient (Wildman–Crippen LogP) is 12.8. The number of benzene rings is 6. The standard InChI is InChI=1S/C41H25F6N3/c1-23-12-14-36-31(16-23)29-8-4-6-10-34(29)49(36)38-21-26(25-18-27(40(42,43)44)22-28(19-25)48-3)20-33(41(45,46)47)39(38)50-35-11-7-5-9-30(35)32-17-24(2)13-15-37(32)50/h4-22H,1-2H3. The van der Waals surface area contributed by atoms with Crippen LogP contribution in [0.3, 0.4) is 0 Å². The van der Waals surface area contributed by atoms with E-state index in [0.717, 1.165) is 44.8 Å². The summed E-state index contributed by atoms with van der Waals surface area (Å²) in [5.74, 6) is 0. The van der Waals surface area contributed by atoms with Gasteiger partial charge in [0, 0.05) is 27.1 Å². The fourth-order valence-corrected chi connectivity index (χ4v) is 7.09. The number of hydrogen-bond acceptors (Lipinski definition) is 0. The molecule has 8 rings (SSSR count). The predicted molar refractivity (Wildman–Crippen MR) is 186 cm³/mol. The van der Waals surface area contributed by atoms with Crippen LogP contribution in [-0.2, 0) is 12.4 Å². The van der Waals surface area contributed by atoms with Crippen molar-refractivity contribution in [2.24, 2.45) is 0 Å². The van der Waals surface area contributed by atoms with Gasteiger partial charge >= 0.3 is 12.4 Å². The Morgan fingerprint density at radius 1 is 0.520 bits per heavy atom. The summed E-state index contributed by atoms with van der Waals surface area (Å²) in [6, 6.07) is 31.0. The van der Waals surface area contributed by atoms with Crippen LogP contribution in [0.25, 0.3) is 71.0 Å². The Hall–Kier alpha value is -6.01. The molecule has 0 aliphatic carbocycles. The Bertz CT molecular complexity index is 2720. The lowest BCUT2D eigenvalue weighted by Crippen LogP contribution is -2.15. The van der Waals surface area contributed by atoms with Gasteiger partial charge in [-0.05, 0) is 91.7 Å². The van der Waals surface area contributed by atoms with E-state index in [2.05, 4.69) is 4.85 Å². The van der Waals surface area contributed by atoms with Crippen LogP contribution in [0.2, 0.25) is 0 Å². The quantitative estimate of drug-likeness (QED) is 0.131. The van der Waals surface area contributed by atoms with Gasteiger partial charge in [-0.25, -0.2) is 4.85 Å². The molecule has 2 heterocycles. The van der Waals surface area contributed by atoms with E-state index >= 15 is 13.2 Å². The molecule has 2 aromatic heterocycles. The lowest BCUT2D eigenvalue weighted by atomic mass is 9.97. The maximum absolute atomic E-state index is 15.7. The van der Waals surface area contributed by atoms with Gasteiger partial charge in [0.2, 0.25) is 0 Å². The summed E-state index contributed by atoms with van der Waals surface area (Å²) in [7, 11) is 0. The highest BCUT2D eigenvalue weighted by molar-refractivity contribution is 6.12. The number of aromatic nitrogens is 2. The summed E-state index contributed by atoms with van der Waals surface area (Å²) >= 11 is 0. The number of para-hydroxylation sites is 2. The van der Waals surface area contributed by atoms with Crippen LogP contribution >= 0.6 is 0 Å². The van der Waals surface area contributed by atoms with Crippen molar-refractivity contribution in [3.05, 3.63) is 149 Å². The average molecular weight is 674 g/mol. The van der Waals surface area contributed by atoms with Crippen molar-refractivity contribution in [2.75, 3.05) is 0 Å². The monoisotopic (exact) mass is 673 g/mol. The van der Waals surface area contributed by atoms with E-state index in [1.165, 1.54) is 12.1 Å². The summed E-state index contributed by atoms with van der Waals surface area (Å²) in [5.41, 5.74) is 1.43. The Labute approximate surface area is 282 Å². The summed E-state index contributed by atoms with van der Waals surface area (Å²) in [6.45, 7) is 11.3. The van der Waals surface area contributed by atoms with Crippen molar-refractivity contribution in [1.82, 2.24) is 9.13 Å². The molecule has 9 heteroatoms. The van der Waals surface area contributed by atoms with Crippen molar-refractivity contribution in [3.63, 3.8) is 0 Å². The smallest absolute Gasteiger partial charge is 0.307 e. The maximum Gasteiger partial charge on any atom is 0.418 e. The van der Waals surface area contributed by atoms with Gasteiger partial charge in [0.15, 0.2) is 5.69 Å². The first-order valence-corrected chi connectivity index (χ1v) is 15.7. The highest BCUT2D eigenvalue weighted by atomic mass is 19.4. The number of fused-ring (bicyclic) bond motifs is 6. The number of aryl methyl sites for hydroxylation is 2. The minimum absolute atomic E-state index is 0.110. The molecule has 0 spiro atoms. The highest BCUT2D eigenvalue weighted by Crippen LogP contribution is 2.46. The van der Waals surface area contributed by atoms with E-state index in [-0.39, 0.29) is 28.2 Å².